The molecular weight excluding hydrogens is 539 g/mol. The number of urea groups is 1. The summed E-state index contributed by atoms with van der Waals surface area (Å²) in [5, 5.41) is 2.86. The number of hydrogen-bond acceptors (Lipinski definition) is 7. The maximum absolute atomic E-state index is 13.7. The lowest BCUT2D eigenvalue weighted by Crippen LogP contribution is -2.40. The molecule has 2 unspecified atom stereocenters. The van der Waals surface area contributed by atoms with Crippen LogP contribution in [0.5, 0.6) is 0 Å². The second-order valence-electron chi connectivity index (χ2n) is 10.2. The Kier molecular flexibility index (Phi) is 6.45. The number of halogens is 3. The summed E-state index contributed by atoms with van der Waals surface area (Å²) in [7, 11) is -3.61. The Morgan fingerprint density at radius 1 is 1.10 bits per heavy atom. The molecule has 2 aromatic rings. The number of piperidine rings is 1. The number of imide groups is 1. The molecule has 10 nitrogen and oxygen atoms in total. The summed E-state index contributed by atoms with van der Waals surface area (Å²) < 4.78 is 62.3. The van der Waals surface area contributed by atoms with Gasteiger partial charge in [0.1, 0.15) is 5.54 Å². The first-order valence-electron chi connectivity index (χ1n) is 12.3. The van der Waals surface area contributed by atoms with Crippen LogP contribution in [-0.4, -0.2) is 67.3 Å². The highest BCUT2D eigenvalue weighted by atomic mass is 32.2. The number of nitrogens with one attached hydrogen (secondary N) is 1. The third kappa shape index (κ3) is 4.35. The lowest BCUT2D eigenvalue weighted by molar-refractivity contribution is -0.121. The molecule has 1 spiro atoms. The first-order chi connectivity index (χ1) is 18.3. The second-order valence-corrected chi connectivity index (χ2v) is 12.1. The molecule has 2 saturated heterocycles. The van der Waals surface area contributed by atoms with Crippen LogP contribution in [0, 0.1) is 11.8 Å². The number of carbonyl (C=O) groups is 3. The summed E-state index contributed by atoms with van der Waals surface area (Å²) in [6, 6.07) is 4.16. The lowest BCUT2D eigenvalue weighted by atomic mass is 9.96. The SMILES string of the molecule is CC1CC12C(=O)N(c1ccc(S(=O)(=O)C(F)(F)F)cc1)C(=O)N2c1ccncc1NC(=O)C1CCN(C)CC1. The summed E-state index contributed by atoms with van der Waals surface area (Å²) in [6.45, 7) is 3.34. The van der Waals surface area contributed by atoms with Crippen molar-refractivity contribution < 1.29 is 36.0 Å². The van der Waals surface area contributed by atoms with Gasteiger partial charge in [0.25, 0.3) is 15.7 Å². The summed E-state index contributed by atoms with van der Waals surface area (Å²) in [5.74, 6) is -1.27. The van der Waals surface area contributed by atoms with Crippen LogP contribution in [0.15, 0.2) is 47.6 Å². The fourth-order valence-electron chi connectivity index (χ4n) is 5.30. The van der Waals surface area contributed by atoms with Gasteiger partial charge in [0.15, 0.2) is 0 Å². The number of carbonyl (C=O) groups excluding carboxylic acids is 3. The number of sulfone groups is 1. The summed E-state index contributed by atoms with van der Waals surface area (Å²) >= 11 is 0. The topological polar surface area (TPSA) is 120 Å². The molecule has 1 aliphatic carbocycles. The van der Waals surface area contributed by atoms with E-state index in [-0.39, 0.29) is 34.8 Å². The molecule has 2 aliphatic heterocycles. The zero-order chi connectivity index (χ0) is 28.3. The van der Waals surface area contributed by atoms with Crippen LogP contribution >= 0.6 is 0 Å². The van der Waals surface area contributed by atoms with Crippen LogP contribution in [0.3, 0.4) is 0 Å². The van der Waals surface area contributed by atoms with Crippen molar-refractivity contribution in [2.45, 2.75) is 42.1 Å². The quantitative estimate of drug-likeness (QED) is 0.552. The van der Waals surface area contributed by atoms with E-state index in [1.54, 1.807) is 6.92 Å². The van der Waals surface area contributed by atoms with Gasteiger partial charge < -0.3 is 10.2 Å². The maximum Gasteiger partial charge on any atom is 0.501 e. The fraction of sp³-hybridized carbons (Fsp3) is 0.440. The number of alkyl halides is 3. The van der Waals surface area contributed by atoms with Gasteiger partial charge in [0.05, 0.1) is 28.2 Å². The highest BCUT2D eigenvalue weighted by Crippen LogP contribution is 2.56. The molecule has 1 aromatic heterocycles. The number of pyridine rings is 1. The minimum Gasteiger partial charge on any atom is -0.323 e. The number of likely N-dealkylation sites (tertiary alicyclic amines) is 1. The van der Waals surface area contributed by atoms with Crippen molar-refractivity contribution in [3.8, 4) is 0 Å². The number of aromatic nitrogens is 1. The van der Waals surface area contributed by atoms with Crippen LogP contribution in [0.1, 0.15) is 26.2 Å². The number of nitrogens with zero attached hydrogens (tertiary/aromatic N) is 4. The summed E-state index contributed by atoms with van der Waals surface area (Å²) in [5.41, 5.74) is -6.28. The highest BCUT2D eigenvalue weighted by Gasteiger charge is 2.71. The lowest BCUT2D eigenvalue weighted by Gasteiger charge is -2.29. The van der Waals surface area contributed by atoms with Crippen LogP contribution < -0.4 is 15.1 Å². The van der Waals surface area contributed by atoms with Crippen LogP contribution in [0.4, 0.5) is 35.0 Å². The first-order valence-corrected chi connectivity index (χ1v) is 13.8. The predicted octanol–water partition coefficient (Wildman–Crippen LogP) is 3.41. The Balaban J connectivity index is 1.46. The molecule has 2 atom stereocenters. The van der Waals surface area contributed by atoms with Crippen molar-refractivity contribution >= 4 is 44.7 Å². The molecule has 0 radical (unpaired) electrons. The molecule has 3 fully saturated rings. The molecule has 1 N–H and O–H groups in total. The van der Waals surface area contributed by atoms with Gasteiger partial charge in [0.2, 0.25) is 5.91 Å². The summed E-state index contributed by atoms with van der Waals surface area (Å²) in [6.07, 6.45) is 4.51. The Morgan fingerprint density at radius 2 is 1.72 bits per heavy atom. The van der Waals surface area contributed by atoms with Crippen molar-refractivity contribution in [2.24, 2.45) is 11.8 Å². The van der Waals surface area contributed by atoms with Gasteiger partial charge in [-0.3, -0.25) is 19.5 Å². The van der Waals surface area contributed by atoms with Gasteiger partial charge in [-0.2, -0.15) is 13.2 Å². The molecule has 39 heavy (non-hydrogen) atoms. The molecule has 3 aliphatic rings. The van der Waals surface area contributed by atoms with Gasteiger partial charge in [0, 0.05) is 12.1 Å². The number of amides is 4. The minimum atomic E-state index is -5.60. The smallest absolute Gasteiger partial charge is 0.323 e. The van der Waals surface area contributed by atoms with Gasteiger partial charge in [-0.05, 0) is 75.6 Å². The Bertz CT molecular complexity index is 1440. The average molecular weight is 566 g/mol. The normalized spacial score (nSPS) is 24.5. The van der Waals surface area contributed by atoms with E-state index < -0.39 is 37.7 Å². The van der Waals surface area contributed by atoms with Gasteiger partial charge >= 0.3 is 11.5 Å². The molecule has 4 amide bonds. The molecule has 5 rings (SSSR count). The molecule has 0 bridgehead atoms. The van der Waals surface area contributed by atoms with E-state index in [0.717, 1.165) is 30.1 Å². The van der Waals surface area contributed by atoms with Crippen molar-refractivity contribution in [3.63, 3.8) is 0 Å². The zero-order valence-electron chi connectivity index (χ0n) is 21.1. The number of benzene rings is 1. The van der Waals surface area contributed by atoms with E-state index in [2.05, 4.69) is 15.2 Å². The van der Waals surface area contributed by atoms with Crippen molar-refractivity contribution in [1.29, 1.82) is 0 Å². The van der Waals surface area contributed by atoms with E-state index in [1.165, 1.54) is 23.4 Å². The van der Waals surface area contributed by atoms with Crippen LogP contribution in [0.25, 0.3) is 0 Å². The zero-order valence-corrected chi connectivity index (χ0v) is 21.9. The second kappa shape index (κ2) is 9.30. The number of anilines is 3. The molecule has 1 saturated carbocycles. The summed E-state index contributed by atoms with van der Waals surface area (Å²) in [4.78, 5) is 47.7. The third-order valence-corrected chi connectivity index (χ3v) is 9.23. The number of rotatable bonds is 5. The third-order valence-electron chi connectivity index (χ3n) is 7.72. The van der Waals surface area contributed by atoms with E-state index in [4.69, 9.17) is 0 Å². The maximum atomic E-state index is 13.7. The van der Waals surface area contributed by atoms with Gasteiger partial charge in [-0.1, -0.05) is 6.92 Å². The molecule has 14 heteroatoms. The minimum absolute atomic E-state index is 0.0712. The van der Waals surface area contributed by atoms with Crippen molar-refractivity contribution in [3.05, 3.63) is 42.7 Å². The standard InChI is InChI=1S/C25H26F3N5O5S/c1-15-13-24(15)22(35)32(17-3-5-18(6-4-17)39(37,38)25(26,27)28)23(36)33(24)20-7-10-29-14-19(20)30-21(34)16-8-11-31(2)12-9-16/h3-7,10,14-16H,8-9,11-13H2,1-2H3,(H,30,34). The highest BCUT2D eigenvalue weighted by molar-refractivity contribution is 7.92. The predicted molar refractivity (Wildman–Crippen MR) is 135 cm³/mol. The molecule has 1 aromatic carbocycles. The van der Waals surface area contributed by atoms with Crippen LogP contribution in [0.2, 0.25) is 0 Å². The fourth-order valence-corrected chi connectivity index (χ4v) is 6.06. The van der Waals surface area contributed by atoms with Crippen molar-refractivity contribution in [2.75, 3.05) is 35.3 Å². The Morgan fingerprint density at radius 3 is 2.28 bits per heavy atom. The first kappa shape index (κ1) is 27.1. The van der Waals surface area contributed by atoms with Crippen LogP contribution in [-0.2, 0) is 19.4 Å². The van der Waals surface area contributed by atoms with E-state index in [0.29, 0.717) is 31.4 Å². The monoisotopic (exact) mass is 565 g/mol. The largest absolute Gasteiger partial charge is 0.501 e. The van der Waals surface area contributed by atoms with Gasteiger partial charge in [-0.25, -0.2) is 18.1 Å². The van der Waals surface area contributed by atoms with E-state index in [9.17, 15) is 36.0 Å². The Hall–Kier alpha value is -3.52. The molecule has 3 heterocycles. The average Bonchev–Trinajstić information content (AvgIpc) is 3.50. The van der Waals surface area contributed by atoms with E-state index >= 15 is 0 Å². The van der Waals surface area contributed by atoms with Gasteiger partial charge in [-0.15, -0.1) is 0 Å². The van der Waals surface area contributed by atoms with E-state index in [1.807, 2.05) is 7.05 Å². The Labute approximate surface area is 222 Å². The van der Waals surface area contributed by atoms with Crippen molar-refractivity contribution in [1.82, 2.24) is 9.88 Å². The number of hydrogen-bond donors (Lipinski definition) is 1. The molecule has 208 valence electrons. The molecular formula is C25H26F3N5O5S.